The topological polar surface area (TPSA) is 96.7 Å². The van der Waals surface area contributed by atoms with Gasteiger partial charge in [-0.2, -0.15) is 0 Å². The van der Waals surface area contributed by atoms with Crippen LogP contribution >= 0.6 is 11.6 Å². The molecule has 1 aromatic carbocycles. The maximum atomic E-state index is 11.4. The van der Waals surface area contributed by atoms with Crippen molar-refractivity contribution in [3.05, 3.63) is 63.7 Å². The van der Waals surface area contributed by atoms with E-state index in [0.717, 1.165) is 10.9 Å². The summed E-state index contributed by atoms with van der Waals surface area (Å²) in [6.07, 6.45) is 0. The van der Waals surface area contributed by atoms with Crippen LogP contribution in [0, 0.1) is 0 Å². The van der Waals surface area contributed by atoms with Crippen molar-refractivity contribution in [2.75, 3.05) is 7.11 Å². The van der Waals surface area contributed by atoms with Gasteiger partial charge in [-0.05, 0) is 41.3 Å². The number of fused-ring (bicyclic) bond motifs is 2. The second kappa shape index (κ2) is 5.89. The molecule has 7 nitrogen and oxygen atoms in total. The first-order valence-electron chi connectivity index (χ1n) is 7.61. The van der Waals surface area contributed by atoms with Crippen LogP contribution in [0.5, 0.6) is 5.75 Å². The molecule has 0 spiro atoms. The van der Waals surface area contributed by atoms with Gasteiger partial charge in [0, 0.05) is 11.6 Å². The summed E-state index contributed by atoms with van der Waals surface area (Å²) < 4.78 is 6.81. The van der Waals surface area contributed by atoms with Gasteiger partial charge in [-0.15, -0.1) is 0 Å². The van der Waals surface area contributed by atoms with Crippen molar-refractivity contribution in [1.29, 1.82) is 0 Å². The molecule has 0 fully saturated rings. The van der Waals surface area contributed by atoms with Crippen molar-refractivity contribution in [3.63, 3.8) is 0 Å². The Morgan fingerprint density at radius 2 is 2.04 bits per heavy atom. The molecule has 0 amide bonds. The van der Waals surface area contributed by atoms with E-state index >= 15 is 0 Å². The number of H-pyrrole nitrogens is 1. The lowest BCUT2D eigenvalue weighted by atomic mass is 10.1. The van der Waals surface area contributed by atoms with Crippen molar-refractivity contribution in [1.82, 2.24) is 14.4 Å². The van der Waals surface area contributed by atoms with Gasteiger partial charge in [0.25, 0.3) is 0 Å². The van der Waals surface area contributed by atoms with Gasteiger partial charge in [-0.3, -0.25) is 9.20 Å². The van der Waals surface area contributed by atoms with E-state index in [1.807, 2.05) is 12.1 Å². The highest BCUT2D eigenvalue weighted by atomic mass is 35.5. The SMILES string of the molecule is COc1ccc(-c2ccc3[nH]c(=O)ccc3c2)n2c(Cl)c(C(=O)O)nc12. The summed E-state index contributed by atoms with van der Waals surface area (Å²) in [4.78, 5) is 29.7. The van der Waals surface area contributed by atoms with E-state index in [2.05, 4.69) is 9.97 Å². The third-order valence-electron chi connectivity index (χ3n) is 4.12. The first-order chi connectivity index (χ1) is 12.5. The smallest absolute Gasteiger partial charge is 0.357 e. The minimum Gasteiger partial charge on any atom is -0.493 e. The van der Waals surface area contributed by atoms with Crippen molar-refractivity contribution < 1.29 is 14.6 Å². The third-order valence-corrected chi connectivity index (χ3v) is 4.47. The Bertz CT molecular complexity index is 1240. The number of hydrogen-bond acceptors (Lipinski definition) is 4. The van der Waals surface area contributed by atoms with Crippen LogP contribution in [0.4, 0.5) is 0 Å². The van der Waals surface area contributed by atoms with Crippen molar-refractivity contribution in [2.24, 2.45) is 0 Å². The summed E-state index contributed by atoms with van der Waals surface area (Å²) in [6, 6.07) is 12.1. The number of aromatic amines is 1. The average molecular weight is 370 g/mol. The lowest BCUT2D eigenvalue weighted by Crippen LogP contribution is -2.02. The number of ether oxygens (including phenoxy) is 1. The average Bonchev–Trinajstić information content (AvgIpc) is 2.98. The van der Waals surface area contributed by atoms with Gasteiger partial charge in [0.05, 0.1) is 12.8 Å². The molecule has 0 atom stereocenters. The number of hydrogen-bond donors (Lipinski definition) is 2. The molecule has 8 heteroatoms. The van der Waals surface area contributed by atoms with Gasteiger partial charge in [0.15, 0.2) is 17.1 Å². The van der Waals surface area contributed by atoms with Crippen LogP contribution in [0.3, 0.4) is 0 Å². The second-order valence-corrected chi connectivity index (χ2v) is 5.98. The van der Waals surface area contributed by atoms with Gasteiger partial charge in [-0.25, -0.2) is 9.78 Å². The van der Waals surface area contributed by atoms with E-state index < -0.39 is 5.97 Å². The predicted molar refractivity (Wildman–Crippen MR) is 97.3 cm³/mol. The number of nitrogens with zero attached hydrogens (tertiary/aromatic N) is 2. The number of benzene rings is 1. The summed E-state index contributed by atoms with van der Waals surface area (Å²) in [5.74, 6) is -0.809. The number of aromatic carboxylic acids is 1. The van der Waals surface area contributed by atoms with Crippen LogP contribution in [0.15, 0.2) is 47.3 Å². The van der Waals surface area contributed by atoms with Crippen LogP contribution in [0.1, 0.15) is 10.5 Å². The molecule has 3 heterocycles. The van der Waals surface area contributed by atoms with E-state index in [1.165, 1.54) is 17.6 Å². The van der Waals surface area contributed by atoms with Gasteiger partial charge >= 0.3 is 5.97 Å². The van der Waals surface area contributed by atoms with Crippen LogP contribution in [-0.2, 0) is 0 Å². The predicted octanol–water partition coefficient (Wildman–Crippen LogP) is 3.20. The molecule has 2 N–H and O–H groups in total. The maximum absolute atomic E-state index is 11.4. The highest BCUT2D eigenvalue weighted by Crippen LogP contribution is 2.33. The molecule has 0 unspecified atom stereocenters. The Morgan fingerprint density at radius 3 is 2.77 bits per heavy atom. The number of methoxy groups -OCH3 is 1. The largest absolute Gasteiger partial charge is 0.493 e. The Hall–Kier alpha value is -3.32. The highest BCUT2D eigenvalue weighted by molar-refractivity contribution is 6.32. The molecule has 0 saturated carbocycles. The fourth-order valence-electron chi connectivity index (χ4n) is 2.92. The number of rotatable bonds is 3. The molecule has 0 aliphatic rings. The third kappa shape index (κ3) is 2.41. The van der Waals surface area contributed by atoms with Crippen LogP contribution in [0.25, 0.3) is 27.8 Å². The number of imidazole rings is 1. The molecular formula is C18H12ClN3O4. The Kier molecular flexibility index (Phi) is 3.66. The van der Waals surface area contributed by atoms with Gasteiger partial charge in [-0.1, -0.05) is 17.7 Å². The standard InChI is InChI=1S/C18H12ClN3O4/c1-26-13-6-5-12(22-16(19)15(18(24)25)21-17(13)22)10-2-4-11-9(8-10)3-7-14(23)20-11/h2-8H,1H3,(H,20,23)(H,24,25). The van der Waals surface area contributed by atoms with Crippen molar-refractivity contribution in [2.45, 2.75) is 0 Å². The molecule has 130 valence electrons. The molecule has 0 aliphatic heterocycles. The number of pyridine rings is 2. The van der Waals surface area contributed by atoms with Crippen LogP contribution in [-0.4, -0.2) is 32.6 Å². The highest BCUT2D eigenvalue weighted by Gasteiger charge is 2.21. The number of aromatic nitrogens is 3. The fraction of sp³-hybridized carbons (Fsp3) is 0.0556. The molecule has 3 aromatic heterocycles. The zero-order valence-corrected chi connectivity index (χ0v) is 14.2. The summed E-state index contributed by atoms with van der Waals surface area (Å²) in [7, 11) is 1.48. The van der Waals surface area contributed by atoms with Crippen molar-refractivity contribution in [3.8, 4) is 17.0 Å². The first-order valence-corrected chi connectivity index (χ1v) is 7.99. The first kappa shape index (κ1) is 16.2. The number of halogens is 1. The summed E-state index contributed by atoms with van der Waals surface area (Å²) in [5, 5.41) is 10.1. The zero-order valence-electron chi connectivity index (χ0n) is 13.5. The van der Waals surface area contributed by atoms with Crippen LogP contribution < -0.4 is 10.3 Å². The quantitative estimate of drug-likeness (QED) is 0.578. The lowest BCUT2D eigenvalue weighted by Gasteiger charge is -2.10. The minimum atomic E-state index is -1.22. The van der Waals surface area contributed by atoms with E-state index in [4.69, 9.17) is 16.3 Å². The van der Waals surface area contributed by atoms with E-state index in [0.29, 0.717) is 22.6 Å². The number of carboxylic acid groups (broad SMARTS) is 1. The monoisotopic (exact) mass is 369 g/mol. The molecule has 0 saturated heterocycles. The van der Waals surface area contributed by atoms with Crippen LogP contribution in [0.2, 0.25) is 5.15 Å². The number of carboxylic acids is 1. The summed E-state index contributed by atoms with van der Waals surface area (Å²) in [6.45, 7) is 0. The molecule has 0 bridgehead atoms. The molecule has 0 radical (unpaired) electrons. The molecule has 0 aliphatic carbocycles. The van der Waals surface area contributed by atoms with Gasteiger partial charge in [0.1, 0.15) is 5.15 Å². The van der Waals surface area contributed by atoms with E-state index in [-0.39, 0.29) is 16.4 Å². The van der Waals surface area contributed by atoms with E-state index in [9.17, 15) is 14.7 Å². The van der Waals surface area contributed by atoms with Gasteiger partial charge in [0.2, 0.25) is 5.56 Å². The Morgan fingerprint density at radius 1 is 1.23 bits per heavy atom. The molecule has 4 aromatic rings. The molecule has 26 heavy (non-hydrogen) atoms. The summed E-state index contributed by atoms with van der Waals surface area (Å²) in [5.41, 5.74) is 2.03. The maximum Gasteiger partial charge on any atom is 0.357 e. The molecule has 4 rings (SSSR count). The summed E-state index contributed by atoms with van der Waals surface area (Å²) >= 11 is 6.29. The number of nitrogens with one attached hydrogen (secondary N) is 1. The normalized spacial score (nSPS) is 11.2. The second-order valence-electron chi connectivity index (χ2n) is 5.63. The number of carbonyl (C=O) groups is 1. The lowest BCUT2D eigenvalue weighted by molar-refractivity contribution is 0.0691. The van der Waals surface area contributed by atoms with E-state index in [1.54, 1.807) is 24.3 Å². The van der Waals surface area contributed by atoms with Gasteiger partial charge < -0.3 is 14.8 Å². The molecular weight excluding hydrogens is 358 g/mol. The van der Waals surface area contributed by atoms with Crippen molar-refractivity contribution >= 4 is 34.1 Å². The Labute approximate surface area is 151 Å². The zero-order chi connectivity index (χ0) is 18.4. The Balaban J connectivity index is 2.04. The fourth-order valence-corrected chi connectivity index (χ4v) is 3.22. The minimum absolute atomic E-state index is 0.0111.